The van der Waals surface area contributed by atoms with Crippen molar-refractivity contribution in [1.82, 2.24) is 10.2 Å². The van der Waals surface area contributed by atoms with Crippen molar-refractivity contribution < 1.29 is 18.4 Å². The van der Waals surface area contributed by atoms with Crippen LogP contribution in [0.25, 0.3) is 0 Å². The summed E-state index contributed by atoms with van der Waals surface area (Å²) in [5, 5.41) is 3.03. The van der Waals surface area contributed by atoms with E-state index in [2.05, 4.69) is 5.32 Å². The molecule has 2 amide bonds. The molecule has 0 bridgehead atoms. The van der Waals surface area contributed by atoms with Gasteiger partial charge in [-0.25, -0.2) is 8.78 Å². The number of nitrogens with zero attached hydrogens (tertiary/aromatic N) is 1. The monoisotopic (exact) mass is 386 g/mol. The Morgan fingerprint density at radius 2 is 1.71 bits per heavy atom. The Labute approximate surface area is 163 Å². The van der Waals surface area contributed by atoms with Crippen LogP contribution in [0.5, 0.6) is 0 Å². The molecule has 148 valence electrons. The van der Waals surface area contributed by atoms with Crippen molar-refractivity contribution in [2.75, 3.05) is 13.1 Å². The Morgan fingerprint density at radius 3 is 2.32 bits per heavy atom. The number of benzene rings is 2. The number of rotatable bonds is 4. The number of carbonyl (C=O) groups is 2. The quantitative estimate of drug-likeness (QED) is 0.863. The van der Waals surface area contributed by atoms with E-state index in [9.17, 15) is 18.4 Å². The fourth-order valence-electron chi connectivity index (χ4n) is 3.45. The molecule has 1 unspecified atom stereocenters. The first kappa shape index (κ1) is 20.0. The molecule has 1 N–H and O–H groups in total. The van der Waals surface area contributed by atoms with Crippen LogP contribution in [0, 0.1) is 24.5 Å². The fourth-order valence-corrected chi connectivity index (χ4v) is 3.45. The molecule has 1 atom stereocenters. The van der Waals surface area contributed by atoms with Gasteiger partial charge >= 0.3 is 0 Å². The average Bonchev–Trinajstić information content (AvgIpc) is 2.68. The second-order valence-electron chi connectivity index (χ2n) is 7.33. The van der Waals surface area contributed by atoms with E-state index < -0.39 is 17.5 Å². The molecular formula is C22H24F2N2O2. The lowest BCUT2D eigenvalue weighted by Crippen LogP contribution is -2.43. The number of halogens is 2. The summed E-state index contributed by atoms with van der Waals surface area (Å²) in [6.45, 7) is 4.69. The van der Waals surface area contributed by atoms with Gasteiger partial charge in [-0.2, -0.15) is 0 Å². The van der Waals surface area contributed by atoms with Gasteiger partial charge in [0.05, 0.1) is 11.6 Å². The minimum Gasteiger partial charge on any atom is -0.349 e. The lowest BCUT2D eigenvalue weighted by molar-refractivity contribution is -0.127. The number of hydrogen-bond donors (Lipinski definition) is 1. The number of carbonyl (C=O) groups excluding carboxylic acids is 2. The number of nitrogens with one attached hydrogen (secondary N) is 1. The minimum absolute atomic E-state index is 0.0341. The van der Waals surface area contributed by atoms with E-state index in [0.29, 0.717) is 32.0 Å². The topological polar surface area (TPSA) is 49.4 Å². The van der Waals surface area contributed by atoms with Gasteiger partial charge in [-0.15, -0.1) is 0 Å². The number of likely N-dealkylation sites (tertiary alicyclic amines) is 1. The van der Waals surface area contributed by atoms with Crippen LogP contribution in [-0.4, -0.2) is 29.8 Å². The van der Waals surface area contributed by atoms with E-state index in [1.807, 2.05) is 38.1 Å². The Bertz CT molecular complexity index is 859. The Kier molecular flexibility index (Phi) is 6.07. The maximum absolute atomic E-state index is 13.8. The van der Waals surface area contributed by atoms with Crippen LogP contribution in [0.1, 0.15) is 47.3 Å². The Balaban J connectivity index is 1.55. The summed E-state index contributed by atoms with van der Waals surface area (Å²) in [4.78, 5) is 26.5. The molecule has 0 aromatic heterocycles. The molecule has 1 aliphatic heterocycles. The van der Waals surface area contributed by atoms with E-state index in [1.165, 1.54) is 4.90 Å². The first-order valence-corrected chi connectivity index (χ1v) is 9.46. The van der Waals surface area contributed by atoms with Crippen molar-refractivity contribution >= 4 is 11.8 Å². The summed E-state index contributed by atoms with van der Waals surface area (Å²) >= 11 is 0. The summed E-state index contributed by atoms with van der Waals surface area (Å²) in [5.41, 5.74) is 2.06. The first-order chi connectivity index (χ1) is 13.3. The first-order valence-electron chi connectivity index (χ1n) is 9.46. The molecule has 0 radical (unpaired) electrons. The van der Waals surface area contributed by atoms with Gasteiger partial charge in [0.15, 0.2) is 0 Å². The molecule has 1 aliphatic rings. The highest BCUT2D eigenvalue weighted by Crippen LogP contribution is 2.22. The van der Waals surface area contributed by atoms with Gasteiger partial charge in [0.2, 0.25) is 5.91 Å². The molecule has 2 aromatic rings. The Hall–Kier alpha value is -2.76. The average molecular weight is 386 g/mol. The molecule has 0 saturated carbocycles. The summed E-state index contributed by atoms with van der Waals surface area (Å²) in [7, 11) is 0. The molecule has 0 spiro atoms. The highest BCUT2D eigenvalue weighted by atomic mass is 19.1. The standard InChI is InChI=1S/C22H24F2N2O2/c1-14-3-5-16(6-4-14)15(2)25-21(27)17-9-11-26(12-10-17)22(28)19-8-7-18(23)13-20(19)24/h3-8,13,15,17H,9-12H2,1-2H3,(H,25,27). The van der Waals surface area contributed by atoms with Crippen LogP contribution < -0.4 is 5.32 Å². The second-order valence-corrected chi connectivity index (χ2v) is 7.33. The largest absolute Gasteiger partial charge is 0.349 e. The predicted octanol–water partition coefficient (Wildman–Crippen LogP) is 4.00. The van der Waals surface area contributed by atoms with Crippen LogP contribution >= 0.6 is 0 Å². The Morgan fingerprint density at radius 1 is 1.07 bits per heavy atom. The van der Waals surface area contributed by atoms with Gasteiger partial charge in [-0.1, -0.05) is 29.8 Å². The molecule has 1 heterocycles. The zero-order valence-electron chi connectivity index (χ0n) is 16.0. The fraction of sp³-hybridized carbons (Fsp3) is 0.364. The van der Waals surface area contributed by atoms with E-state index in [-0.39, 0.29) is 23.4 Å². The van der Waals surface area contributed by atoms with Crippen LogP contribution in [0.4, 0.5) is 8.78 Å². The van der Waals surface area contributed by atoms with Crippen LogP contribution in [0.2, 0.25) is 0 Å². The molecule has 3 rings (SSSR count). The van der Waals surface area contributed by atoms with Crippen molar-refractivity contribution in [3.8, 4) is 0 Å². The highest BCUT2D eigenvalue weighted by Gasteiger charge is 2.29. The molecule has 2 aromatic carbocycles. The molecule has 4 nitrogen and oxygen atoms in total. The van der Waals surface area contributed by atoms with E-state index >= 15 is 0 Å². The van der Waals surface area contributed by atoms with Crippen molar-refractivity contribution in [3.63, 3.8) is 0 Å². The van der Waals surface area contributed by atoms with Gasteiger partial charge < -0.3 is 10.2 Å². The van der Waals surface area contributed by atoms with E-state index in [1.54, 1.807) is 0 Å². The van der Waals surface area contributed by atoms with Crippen molar-refractivity contribution in [1.29, 1.82) is 0 Å². The molecule has 6 heteroatoms. The zero-order valence-corrected chi connectivity index (χ0v) is 16.0. The minimum atomic E-state index is -0.864. The lowest BCUT2D eigenvalue weighted by atomic mass is 9.94. The van der Waals surface area contributed by atoms with E-state index in [4.69, 9.17) is 0 Å². The van der Waals surface area contributed by atoms with Crippen LogP contribution in [0.3, 0.4) is 0 Å². The van der Waals surface area contributed by atoms with Crippen LogP contribution in [-0.2, 0) is 4.79 Å². The number of amides is 2. The van der Waals surface area contributed by atoms with Crippen molar-refractivity contribution in [3.05, 3.63) is 70.8 Å². The predicted molar refractivity (Wildman–Crippen MR) is 103 cm³/mol. The number of piperidine rings is 1. The maximum Gasteiger partial charge on any atom is 0.256 e. The summed E-state index contributed by atoms with van der Waals surface area (Å²) < 4.78 is 26.9. The smallest absolute Gasteiger partial charge is 0.256 e. The number of aryl methyl sites for hydroxylation is 1. The van der Waals surface area contributed by atoms with Crippen LogP contribution in [0.15, 0.2) is 42.5 Å². The third kappa shape index (κ3) is 4.55. The summed E-state index contributed by atoms with van der Waals surface area (Å²) in [5.74, 6) is -2.27. The SMILES string of the molecule is Cc1ccc(C(C)NC(=O)C2CCN(C(=O)c3ccc(F)cc3F)CC2)cc1. The van der Waals surface area contributed by atoms with E-state index in [0.717, 1.165) is 23.3 Å². The van der Waals surface area contributed by atoms with Gasteiger partial charge in [0, 0.05) is 25.1 Å². The lowest BCUT2D eigenvalue weighted by Gasteiger charge is -2.32. The van der Waals surface area contributed by atoms with Gasteiger partial charge in [0.25, 0.3) is 5.91 Å². The normalized spacial score (nSPS) is 15.9. The third-order valence-corrected chi connectivity index (χ3v) is 5.25. The maximum atomic E-state index is 13.8. The van der Waals surface area contributed by atoms with Crippen molar-refractivity contribution in [2.24, 2.45) is 5.92 Å². The van der Waals surface area contributed by atoms with Gasteiger partial charge in [-0.05, 0) is 44.4 Å². The highest BCUT2D eigenvalue weighted by molar-refractivity contribution is 5.94. The molecule has 1 fully saturated rings. The van der Waals surface area contributed by atoms with Gasteiger partial charge in [0.1, 0.15) is 11.6 Å². The molecule has 28 heavy (non-hydrogen) atoms. The van der Waals surface area contributed by atoms with Gasteiger partial charge in [-0.3, -0.25) is 9.59 Å². The number of hydrogen-bond acceptors (Lipinski definition) is 2. The third-order valence-electron chi connectivity index (χ3n) is 5.25. The summed E-state index contributed by atoms with van der Waals surface area (Å²) in [6, 6.07) is 10.9. The zero-order chi connectivity index (χ0) is 20.3. The second kappa shape index (κ2) is 8.50. The molecule has 0 aliphatic carbocycles. The molecule has 1 saturated heterocycles. The van der Waals surface area contributed by atoms with Crippen molar-refractivity contribution in [2.45, 2.75) is 32.7 Å². The molecular weight excluding hydrogens is 362 g/mol. The summed E-state index contributed by atoms with van der Waals surface area (Å²) in [6.07, 6.45) is 1.03.